The average Bonchev–Trinajstić information content (AvgIpc) is 2.55. The Morgan fingerprint density at radius 3 is 1.87 bits per heavy atom. The van der Waals surface area contributed by atoms with E-state index in [4.69, 9.17) is 0 Å². The van der Waals surface area contributed by atoms with E-state index in [0.717, 1.165) is 44.9 Å². The number of ketones is 2. The summed E-state index contributed by atoms with van der Waals surface area (Å²) in [5, 5.41) is 0. The molecule has 4 nitrogen and oxygen atoms in total. The zero-order valence-electron chi connectivity index (χ0n) is 14.6. The van der Waals surface area contributed by atoms with Crippen molar-refractivity contribution in [1.29, 1.82) is 0 Å². The van der Waals surface area contributed by atoms with Crippen LogP contribution in [0.1, 0.15) is 72.1 Å². The van der Waals surface area contributed by atoms with Crippen molar-refractivity contribution < 1.29 is 19.1 Å². The normalized spacial score (nSPS) is 15.4. The number of hydrogen-bond acceptors (Lipinski definition) is 4. The molecule has 0 aliphatic heterocycles. The molecular weight excluding hydrogens is 292 g/mol. The maximum Gasteiger partial charge on any atom is 0.293 e. The first-order valence-electron chi connectivity index (χ1n) is 8.52. The third-order valence-corrected chi connectivity index (χ3v) is 4.57. The molecule has 0 saturated carbocycles. The molecule has 23 heavy (non-hydrogen) atoms. The highest BCUT2D eigenvalue weighted by Gasteiger charge is 2.26. The highest BCUT2D eigenvalue weighted by atomic mass is 16.5. The molecule has 0 aromatic rings. The van der Waals surface area contributed by atoms with Gasteiger partial charge in [0.25, 0.3) is 6.47 Å². The van der Waals surface area contributed by atoms with Crippen molar-refractivity contribution in [3.63, 3.8) is 0 Å². The highest BCUT2D eigenvalue weighted by molar-refractivity contribution is 6.24. The summed E-state index contributed by atoms with van der Waals surface area (Å²) in [6.07, 6.45) is 8.16. The molecule has 0 unspecified atom stereocenters. The lowest BCUT2D eigenvalue weighted by Gasteiger charge is -2.18. The topological polar surface area (TPSA) is 60.4 Å². The van der Waals surface area contributed by atoms with Crippen LogP contribution in [0.5, 0.6) is 0 Å². The van der Waals surface area contributed by atoms with Crippen LogP contribution in [0.25, 0.3) is 0 Å². The van der Waals surface area contributed by atoms with Crippen molar-refractivity contribution in [1.82, 2.24) is 0 Å². The van der Waals surface area contributed by atoms with Crippen LogP contribution >= 0.6 is 0 Å². The van der Waals surface area contributed by atoms with Crippen molar-refractivity contribution in [2.75, 3.05) is 6.61 Å². The van der Waals surface area contributed by atoms with E-state index in [1.54, 1.807) is 20.8 Å². The Kier molecular flexibility index (Phi) is 8.52. The summed E-state index contributed by atoms with van der Waals surface area (Å²) in [5.74, 6) is 0.0735. The van der Waals surface area contributed by atoms with Crippen LogP contribution < -0.4 is 0 Å². The summed E-state index contributed by atoms with van der Waals surface area (Å²) >= 11 is 0. The molecule has 0 aromatic carbocycles. The van der Waals surface area contributed by atoms with Gasteiger partial charge in [0.2, 0.25) is 0 Å². The Balaban J connectivity index is 2.22. The van der Waals surface area contributed by atoms with E-state index in [2.05, 4.69) is 4.74 Å². The van der Waals surface area contributed by atoms with Gasteiger partial charge in [-0.25, -0.2) is 0 Å². The van der Waals surface area contributed by atoms with Crippen LogP contribution in [-0.2, 0) is 19.1 Å². The molecule has 0 saturated heterocycles. The molecule has 128 valence electrons. The molecule has 0 amide bonds. The first-order chi connectivity index (χ1) is 11.0. The molecule has 0 atom stereocenters. The van der Waals surface area contributed by atoms with Gasteiger partial charge in [-0.3, -0.25) is 14.4 Å². The summed E-state index contributed by atoms with van der Waals surface area (Å²) < 4.78 is 4.64. The summed E-state index contributed by atoms with van der Waals surface area (Å²) in [4.78, 5) is 34.3. The predicted octanol–water partition coefficient (Wildman–Crippen LogP) is 4.08. The fourth-order valence-electron chi connectivity index (χ4n) is 2.88. The molecule has 0 N–H and O–H groups in total. The van der Waals surface area contributed by atoms with Crippen LogP contribution in [-0.4, -0.2) is 24.6 Å². The SMILES string of the molecule is CC1=C(C)C(=O)C(CCCCCCCCCOC=O)=C(C)C1=O. The first kappa shape index (κ1) is 19.3. The molecule has 0 heterocycles. The molecule has 4 heteroatoms. The number of unbranched alkanes of at least 4 members (excludes halogenated alkanes) is 6. The second kappa shape index (κ2) is 10.1. The average molecular weight is 320 g/mol. The van der Waals surface area contributed by atoms with Gasteiger partial charge in [-0.05, 0) is 40.0 Å². The van der Waals surface area contributed by atoms with E-state index >= 15 is 0 Å². The van der Waals surface area contributed by atoms with Gasteiger partial charge in [0.1, 0.15) is 0 Å². The third-order valence-electron chi connectivity index (χ3n) is 4.57. The van der Waals surface area contributed by atoms with Gasteiger partial charge in [-0.2, -0.15) is 0 Å². The van der Waals surface area contributed by atoms with Crippen LogP contribution in [0.4, 0.5) is 0 Å². The smallest absolute Gasteiger partial charge is 0.293 e. The van der Waals surface area contributed by atoms with Gasteiger partial charge >= 0.3 is 0 Å². The largest absolute Gasteiger partial charge is 0.468 e. The fraction of sp³-hybridized carbons (Fsp3) is 0.632. The maximum atomic E-state index is 12.3. The quantitative estimate of drug-likeness (QED) is 0.327. The molecule has 1 aliphatic carbocycles. The van der Waals surface area contributed by atoms with E-state index in [1.165, 1.54) is 0 Å². The fourth-order valence-corrected chi connectivity index (χ4v) is 2.88. The second-order valence-electron chi connectivity index (χ2n) is 6.20. The lowest BCUT2D eigenvalue weighted by molar-refractivity contribution is -0.128. The minimum Gasteiger partial charge on any atom is -0.468 e. The van der Waals surface area contributed by atoms with Gasteiger partial charge in [-0.15, -0.1) is 0 Å². The number of ether oxygens (including phenoxy) is 1. The Bertz CT molecular complexity index is 511. The second-order valence-corrected chi connectivity index (χ2v) is 6.20. The molecule has 0 spiro atoms. The van der Waals surface area contributed by atoms with Crippen LogP contribution in [0.3, 0.4) is 0 Å². The van der Waals surface area contributed by atoms with Crippen molar-refractivity contribution in [2.45, 2.75) is 72.1 Å². The molecule has 1 rings (SSSR count). The van der Waals surface area contributed by atoms with Crippen LogP contribution in [0.15, 0.2) is 22.3 Å². The van der Waals surface area contributed by atoms with E-state index in [1.807, 2.05) is 0 Å². The Hall–Kier alpha value is -1.71. The maximum absolute atomic E-state index is 12.3. The van der Waals surface area contributed by atoms with Gasteiger partial charge in [0.15, 0.2) is 11.6 Å². The van der Waals surface area contributed by atoms with Crippen LogP contribution in [0.2, 0.25) is 0 Å². The molecule has 0 aromatic heterocycles. The Labute approximate surface area is 139 Å². The zero-order chi connectivity index (χ0) is 17.2. The summed E-state index contributed by atoms with van der Waals surface area (Å²) in [7, 11) is 0. The summed E-state index contributed by atoms with van der Waals surface area (Å²) in [6, 6.07) is 0. The first-order valence-corrected chi connectivity index (χ1v) is 8.52. The van der Waals surface area contributed by atoms with E-state index < -0.39 is 0 Å². The van der Waals surface area contributed by atoms with Gasteiger partial charge in [-0.1, -0.05) is 32.1 Å². The number of allylic oxidation sites excluding steroid dienone is 4. The van der Waals surface area contributed by atoms with Gasteiger partial charge in [0, 0.05) is 22.3 Å². The molecular formula is C19H28O4. The Morgan fingerprint density at radius 2 is 1.26 bits per heavy atom. The van der Waals surface area contributed by atoms with Crippen molar-refractivity contribution in [2.24, 2.45) is 0 Å². The zero-order valence-corrected chi connectivity index (χ0v) is 14.6. The number of carbonyl (C=O) groups excluding carboxylic acids is 3. The number of carbonyl (C=O) groups is 3. The monoisotopic (exact) mass is 320 g/mol. The third kappa shape index (κ3) is 5.77. The van der Waals surface area contributed by atoms with Crippen molar-refractivity contribution in [3.8, 4) is 0 Å². The number of rotatable bonds is 11. The highest BCUT2D eigenvalue weighted by Crippen LogP contribution is 2.27. The van der Waals surface area contributed by atoms with Crippen molar-refractivity contribution >= 4 is 18.0 Å². The van der Waals surface area contributed by atoms with Crippen molar-refractivity contribution in [3.05, 3.63) is 22.3 Å². The standard InChI is InChI=1S/C19H28O4/c1-14-15(2)19(22)17(16(3)18(14)21)11-9-7-5-4-6-8-10-12-23-13-20/h13H,4-12H2,1-3H3. The molecule has 0 radical (unpaired) electrons. The van der Waals surface area contributed by atoms with Gasteiger partial charge < -0.3 is 4.74 Å². The number of Topliss-reactive ketones (excluding diaryl/α,β-unsaturated/α-hetero) is 2. The van der Waals surface area contributed by atoms with Gasteiger partial charge in [0.05, 0.1) is 6.61 Å². The Morgan fingerprint density at radius 1 is 0.739 bits per heavy atom. The lowest BCUT2D eigenvalue weighted by Crippen LogP contribution is -2.20. The minimum absolute atomic E-state index is 0.0228. The van der Waals surface area contributed by atoms with Crippen LogP contribution in [0, 0.1) is 0 Å². The predicted molar refractivity (Wildman–Crippen MR) is 90.0 cm³/mol. The lowest BCUT2D eigenvalue weighted by atomic mass is 9.84. The van der Waals surface area contributed by atoms with E-state index in [0.29, 0.717) is 41.8 Å². The number of hydrogen-bond donors (Lipinski definition) is 0. The summed E-state index contributed by atoms with van der Waals surface area (Å²) in [5.41, 5.74) is 2.54. The van der Waals surface area contributed by atoms with E-state index in [-0.39, 0.29) is 11.6 Å². The summed E-state index contributed by atoms with van der Waals surface area (Å²) in [6.45, 7) is 6.25. The molecule has 0 fully saturated rings. The molecule has 0 bridgehead atoms. The molecule has 1 aliphatic rings. The van der Waals surface area contributed by atoms with E-state index in [9.17, 15) is 14.4 Å². The minimum atomic E-state index is 0.0228.